The fourth-order valence-corrected chi connectivity index (χ4v) is 4.82. The summed E-state index contributed by atoms with van der Waals surface area (Å²) >= 11 is 1.47. The molecule has 30 heavy (non-hydrogen) atoms. The van der Waals surface area contributed by atoms with Gasteiger partial charge in [0, 0.05) is 35.7 Å². The Labute approximate surface area is 178 Å². The normalized spacial score (nSPS) is 22.8. The number of nitro benzene ring substituents is 1. The Kier molecular flexibility index (Phi) is 6.71. The summed E-state index contributed by atoms with van der Waals surface area (Å²) in [5, 5.41) is 10.7. The second-order valence-electron chi connectivity index (χ2n) is 7.07. The van der Waals surface area contributed by atoms with Crippen molar-refractivity contribution in [3.8, 4) is 0 Å². The number of β-lactam (4-membered cyclic amide) rings is 1. The smallest absolute Gasteiger partial charge is 0.356 e. The number of nitrogens with zero attached hydrogens (tertiary/aromatic N) is 3. The molecule has 0 bridgehead atoms. The average Bonchev–Trinajstić information content (AvgIpc) is 3.00. The number of rotatable bonds is 9. The van der Waals surface area contributed by atoms with Gasteiger partial charge in [0.05, 0.1) is 16.9 Å². The van der Waals surface area contributed by atoms with Crippen LogP contribution in [0.3, 0.4) is 0 Å². The Balaban J connectivity index is 1.61. The summed E-state index contributed by atoms with van der Waals surface area (Å²) in [6, 6.07) is 6.06. The van der Waals surface area contributed by atoms with Crippen LogP contribution in [0.1, 0.15) is 18.9 Å². The zero-order valence-electron chi connectivity index (χ0n) is 16.8. The molecule has 158 valence electrons. The van der Waals surface area contributed by atoms with Crippen molar-refractivity contribution in [2.45, 2.75) is 19.4 Å². The van der Waals surface area contributed by atoms with Gasteiger partial charge in [-0.15, -0.1) is 11.8 Å². The molecule has 2 aliphatic rings. The summed E-state index contributed by atoms with van der Waals surface area (Å²) in [6.45, 7) is 6.12. The maximum absolute atomic E-state index is 12.7. The minimum atomic E-state index is -0.489. The molecular formula is C21H23N3O5S. The second kappa shape index (κ2) is 9.25. The molecule has 0 spiro atoms. The van der Waals surface area contributed by atoms with Crippen molar-refractivity contribution in [3.63, 3.8) is 0 Å². The van der Waals surface area contributed by atoms with Crippen LogP contribution >= 0.6 is 11.8 Å². The molecule has 1 aromatic carbocycles. The average molecular weight is 429 g/mol. The van der Waals surface area contributed by atoms with E-state index in [1.165, 1.54) is 30.0 Å². The van der Waals surface area contributed by atoms with E-state index in [9.17, 15) is 19.7 Å². The molecule has 2 heterocycles. The van der Waals surface area contributed by atoms with E-state index in [0.717, 1.165) is 10.5 Å². The maximum atomic E-state index is 12.7. The number of fused-ring (bicyclic) bond motifs is 1. The van der Waals surface area contributed by atoms with Crippen LogP contribution in [0.4, 0.5) is 5.69 Å². The lowest BCUT2D eigenvalue weighted by Crippen LogP contribution is -2.60. The highest BCUT2D eigenvalue weighted by molar-refractivity contribution is 8.02. The number of carbonyl (C=O) groups excluding carboxylic acids is 2. The number of hydrogen-bond acceptors (Lipinski definition) is 7. The molecule has 2 aliphatic heterocycles. The van der Waals surface area contributed by atoms with Crippen LogP contribution in [0.25, 0.3) is 0 Å². The Hall–Kier alpha value is -2.94. The van der Waals surface area contributed by atoms with Crippen molar-refractivity contribution in [3.05, 3.63) is 63.2 Å². The molecule has 0 aromatic heterocycles. The van der Waals surface area contributed by atoms with Crippen LogP contribution in [0, 0.1) is 22.0 Å². The lowest BCUT2D eigenvalue weighted by atomic mass is 9.80. The van der Waals surface area contributed by atoms with Gasteiger partial charge in [0.1, 0.15) is 12.3 Å². The lowest BCUT2D eigenvalue weighted by Gasteiger charge is -2.45. The predicted molar refractivity (Wildman–Crippen MR) is 115 cm³/mol. The van der Waals surface area contributed by atoms with E-state index in [1.54, 1.807) is 23.2 Å². The van der Waals surface area contributed by atoms with E-state index in [-0.39, 0.29) is 36.1 Å². The molecule has 1 amide bonds. The predicted octanol–water partition coefficient (Wildman–Crippen LogP) is 3.18. The van der Waals surface area contributed by atoms with Crippen LogP contribution in [0.2, 0.25) is 0 Å². The van der Waals surface area contributed by atoms with E-state index in [1.807, 2.05) is 13.2 Å². The molecule has 3 atom stereocenters. The number of carbonyl (C=O) groups is 2. The lowest BCUT2D eigenvalue weighted by molar-refractivity contribution is -0.384. The SMILES string of the molecule is C=CCOC(=O)C1=C(SC)[C@H](C)[C@@H]2[C@@H](CCN=Cc3ccc([N+](=O)[O-])cc3)C(=O)N12. The minimum absolute atomic E-state index is 0.0297. The van der Waals surface area contributed by atoms with Gasteiger partial charge in [-0.25, -0.2) is 4.79 Å². The third kappa shape index (κ3) is 4.02. The van der Waals surface area contributed by atoms with Crippen LogP contribution in [0.5, 0.6) is 0 Å². The number of benzene rings is 1. The highest BCUT2D eigenvalue weighted by atomic mass is 32.2. The highest BCUT2D eigenvalue weighted by Crippen LogP contribution is 2.50. The van der Waals surface area contributed by atoms with E-state index >= 15 is 0 Å². The van der Waals surface area contributed by atoms with Crippen molar-refractivity contribution >= 4 is 35.5 Å². The van der Waals surface area contributed by atoms with Crippen molar-refractivity contribution in [1.82, 2.24) is 4.90 Å². The van der Waals surface area contributed by atoms with Crippen molar-refractivity contribution < 1.29 is 19.2 Å². The Morgan fingerprint density at radius 3 is 2.70 bits per heavy atom. The molecule has 0 aliphatic carbocycles. The summed E-state index contributed by atoms with van der Waals surface area (Å²) < 4.78 is 5.17. The summed E-state index contributed by atoms with van der Waals surface area (Å²) in [6.07, 6.45) is 5.61. The fourth-order valence-electron chi connectivity index (χ4n) is 3.93. The van der Waals surface area contributed by atoms with Crippen molar-refractivity contribution in [1.29, 1.82) is 0 Å². The third-order valence-electron chi connectivity index (χ3n) is 5.32. The van der Waals surface area contributed by atoms with Crippen LogP contribution in [0.15, 0.2) is 52.5 Å². The van der Waals surface area contributed by atoms with E-state index < -0.39 is 10.9 Å². The van der Waals surface area contributed by atoms with Crippen LogP contribution in [-0.2, 0) is 14.3 Å². The topological polar surface area (TPSA) is 102 Å². The molecule has 1 saturated heterocycles. The third-order valence-corrected chi connectivity index (χ3v) is 6.33. The second-order valence-corrected chi connectivity index (χ2v) is 7.92. The first-order valence-electron chi connectivity index (χ1n) is 9.54. The number of thioether (sulfide) groups is 1. The summed E-state index contributed by atoms with van der Waals surface area (Å²) in [7, 11) is 0. The number of hydrogen-bond donors (Lipinski definition) is 0. The minimum Gasteiger partial charge on any atom is -0.457 e. The first kappa shape index (κ1) is 21.8. The van der Waals surface area contributed by atoms with Gasteiger partial charge in [0.25, 0.3) is 5.69 Å². The highest BCUT2D eigenvalue weighted by Gasteiger charge is 2.58. The number of nitro groups is 1. The Morgan fingerprint density at radius 1 is 1.40 bits per heavy atom. The van der Waals surface area contributed by atoms with Crippen LogP contribution < -0.4 is 0 Å². The zero-order valence-corrected chi connectivity index (χ0v) is 17.6. The molecule has 1 fully saturated rings. The zero-order chi connectivity index (χ0) is 21.8. The van der Waals surface area contributed by atoms with Gasteiger partial charge < -0.3 is 9.64 Å². The van der Waals surface area contributed by atoms with Crippen molar-refractivity contribution in [2.24, 2.45) is 16.8 Å². The van der Waals surface area contributed by atoms with Gasteiger partial charge >= 0.3 is 5.97 Å². The largest absolute Gasteiger partial charge is 0.457 e. The molecule has 8 nitrogen and oxygen atoms in total. The molecular weight excluding hydrogens is 406 g/mol. The Bertz CT molecular complexity index is 925. The first-order valence-corrected chi connectivity index (χ1v) is 10.8. The van der Waals surface area contributed by atoms with Gasteiger partial charge in [0.15, 0.2) is 0 Å². The quantitative estimate of drug-likeness (QED) is 0.149. The van der Waals surface area contributed by atoms with Crippen LogP contribution in [-0.4, -0.2) is 53.4 Å². The van der Waals surface area contributed by atoms with Gasteiger partial charge in [-0.2, -0.15) is 0 Å². The standard InChI is InChI=1S/C21H23N3O5S/c1-4-11-29-21(26)18-19(30-3)13(2)17-16(20(25)23(17)18)9-10-22-12-14-5-7-15(8-6-14)24(27)28/h4-8,12-13,16-17H,1,9-11H2,2-3H3/t13-,16-,17-/m1/s1. The first-order chi connectivity index (χ1) is 14.4. The summed E-state index contributed by atoms with van der Waals surface area (Å²) in [4.78, 5) is 42.2. The van der Waals surface area contributed by atoms with Gasteiger partial charge in [-0.3, -0.25) is 19.9 Å². The summed E-state index contributed by atoms with van der Waals surface area (Å²) in [5.74, 6) is -0.697. The van der Waals surface area contributed by atoms with Gasteiger partial charge in [-0.05, 0) is 30.4 Å². The number of non-ortho nitro benzene ring substituents is 1. The molecule has 0 radical (unpaired) electrons. The molecule has 0 N–H and O–H groups in total. The van der Waals surface area contributed by atoms with Gasteiger partial charge in [-0.1, -0.05) is 19.6 Å². The molecule has 3 rings (SSSR count). The van der Waals surface area contributed by atoms with E-state index in [4.69, 9.17) is 4.74 Å². The number of aliphatic imine (C=N–C) groups is 1. The van der Waals surface area contributed by atoms with Crippen molar-refractivity contribution in [2.75, 3.05) is 19.4 Å². The summed E-state index contributed by atoms with van der Waals surface area (Å²) in [5.41, 5.74) is 1.15. The fraction of sp³-hybridized carbons (Fsp3) is 0.381. The number of esters is 1. The monoisotopic (exact) mass is 429 g/mol. The molecule has 0 saturated carbocycles. The molecule has 9 heteroatoms. The number of ether oxygens (including phenoxy) is 1. The van der Waals surface area contributed by atoms with E-state index in [2.05, 4.69) is 11.6 Å². The maximum Gasteiger partial charge on any atom is 0.356 e. The Morgan fingerprint density at radius 2 is 2.10 bits per heavy atom. The number of amides is 1. The van der Waals surface area contributed by atoms with Gasteiger partial charge in [0.2, 0.25) is 5.91 Å². The van der Waals surface area contributed by atoms with E-state index in [0.29, 0.717) is 18.7 Å². The molecule has 1 aromatic rings. The molecule has 0 unspecified atom stereocenters.